The van der Waals surface area contributed by atoms with Gasteiger partial charge in [-0.1, -0.05) is 12.5 Å². The fraction of sp³-hybridized carbons (Fsp3) is 0.333. The van der Waals surface area contributed by atoms with Gasteiger partial charge in [-0.25, -0.2) is 0 Å². The van der Waals surface area contributed by atoms with Crippen LogP contribution in [0.2, 0.25) is 0 Å². The number of carbonyl (C=O) groups is 1. The van der Waals surface area contributed by atoms with Crippen molar-refractivity contribution < 1.29 is 18.0 Å². The van der Waals surface area contributed by atoms with Gasteiger partial charge >= 0.3 is 6.18 Å². The zero-order chi connectivity index (χ0) is 17.2. The third kappa shape index (κ3) is 3.58. The summed E-state index contributed by atoms with van der Waals surface area (Å²) in [5, 5.41) is 2.95. The molecule has 1 aliphatic carbocycles. The normalized spacial score (nSPS) is 15.0. The molecule has 3 nitrogen and oxygen atoms in total. The number of carbonyl (C=O) groups excluding carboxylic acids is 1. The highest BCUT2D eigenvalue weighted by molar-refractivity contribution is 5.98. The van der Waals surface area contributed by atoms with E-state index in [1.54, 1.807) is 24.3 Å². The van der Waals surface area contributed by atoms with Gasteiger partial charge in [0.2, 0.25) is 0 Å². The van der Waals surface area contributed by atoms with Crippen LogP contribution in [-0.4, -0.2) is 10.8 Å². The van der Waals surface area contributed by atoms with Gasteiger partial charge in [-0.05, 0) is 43.2 Å². The van der Waals surface area contributed by atoms with Gasteiger partial charge in [0.1, 0.15) is 5.69 Å². The van der Waals surface area contributed by atoms with Gasteiger partial charge in [-0.2, -0.15) is 13.2 Å². The maximum absolute atomic E-state index is 12.9. The molecule has 1 saturated carbocycles. The van der Waals surface area contributed by atoms with E-state index in [0.29, 0.717) is 11.3 Å². The summed E-state index contributed by atoms with van der Waals surface area (Å²) >= 11 is 0. The number of benzene rings is 1. The van der Waals surface area contributed by atoms with Crippen LogP contribution in [-0.2, 0) is 12.7 Å². The highest BCUT2D eigenvalue weighted by Crippen LogP contribution is 2.31. The number of nitrogens with zero attached hydrogens (tertiary/aromatic N) is 1. The Morgan fingerprint density at radius 1 is 1.17 bits per heavy atom. The zero-order valence-corrected chi connectivity index (χ0v) is 12.9. The van der Waals surface area contributed by atoms with Crippen molar-refractivity contribution in [3.05, 3.63) is 59.4 Å². The number of ketones is 1. The molecule has 0 radical (unpaired) electrons. The molecule has 1 aromatic heterocycles. The number of rotatable bonds is 5. The fourth-order valence-corrected chi connectivity index (χ4v) is 2.69. The highest BCUT2D eigenvalue weighted by Gasteiger charge is 2.34. The van der Waals surface area contributed by atoms with E-state index in [4.69, 9.17) is 0 Å². The molecule has 1 aromatic carbocycles. The topological polar surface area (TPSA) is 42.0 Å². The van der Waals surface area contributed by atoms with Crippen molar-refractivity contribution in [2.75, 3.05) is 5.32 Å². The first-order valence-corrected chi connectivity index (χ1v) is 7.84. The molecule has 1 N–H and O–H groups in total. The van der Waals surface area contributed by atoms with Gasteiger partial charge in [0.05, 0.1) is 0 Å². The molecule has 1 aliphatic rings. The Bertz CT molecular complexity index is 722. The summed E-state index contributed by atoms with van der Waals surface area (Å²) in [6, 6.07) is 9.75. The summed E-state index contributed by atoms with van der Waals surface area (Å²) in [6.45, 7) is 0.0125. The van der Waals surface area contributed by atoms with Crippen LogP contribution in [0, 0.1) is 5.92 Å². The third-order valence-corrected chi connectivity index (χ3v) is 4.29. The average Bonchev–Trinajstić information content (AvgIpc) is 2.51. The molecular weight excluding hydrogens is 317 g/mol. The number of alkyl halides is 3. The van der Waals surface area contributed by atoms with Gasteiger partial charge < -0.3 is 5.32 Å². The molecule has 6 heteroatoms. The highest BCUT2D eigenvalue weighted by atomic mass is 19.4. The quantitative estimate of drug-likeness (QED) is 0.806. The summed E-state index contributed by atoms with van der Waals surface area (Å²) in [5.41, 5.74) is 0.522. The van der Waals surface area contributed by atoms with Crippen LogP contribution in [0.1, 0.15) is 40.9 Å². The van der Waals surface area contributed by atoms with Crippen LogP contribution in [0.5, 0.6) is 0 Å². The van der Waals surface area contributed by atoms with Crippen molar-refractivity contribution in [3.63, 3.8) is 0 Å². The lowest BCUT2D eigenvalue weighted by Gasteiger charge is -2.23. The Morgan fingerprint density at radius 3 is 2.46 bits per heavy atom. The fourth-order valence-electron chi connectivity index (χ4n) is 2.69. The molecule has 1 fully saturated rings. The number of aromatic nitrogens is 1. The van der Waals surface area contributed by atoms with Gasteiger partial charge in [0, 0.05) is 35.5 Å². The Hall–Kier alpha value is -2.37. The maximum atomic E-state index is 12.9. The van der Waals surface area contributed by atoms with Crippen LogP contribution in [0.25, 0.3) is 0 Å². The number of anilines is 1. The Kier molecular flexibility index (Phi) is 4.55. The molecule has 0 spiro atoms. The van der Waals surface area contributed by atoms with E-state index < -0.39 is 11.9 Å². The van der Waals surface area contributed by atoms with Gasteiger partial charge in [-0.3, -0.25) is 9.78 Å². The minimum absolute atomic E-state index is 0.0125. The molecule has 0 saturated heterocycles. The molecule has 3 rings (SSSR count). The third-order valence-electron chi connectivity index (χ3n) is 4.29. The number of nitrogens with one attached hydrogen (secondary N) is 1. The van der Waals surface area contributed by atoms with Crippen LogP contribution in [0.15, 0.2) is 42.6 Å². The summed E-state index contributed by atoms with van der Waals surface area (Å²) in [5.74, 6) is 0.285. The lowest BCUT2D eigenvalue weighted by molar-refractivity contribution is -0.141. The molecule has 0 aliphatic heterocycles. The first-order valence-electron chi connectivity index (χ1n) is 7.84. The summed E-state index contributed by atoms with van der Waals surface area (Å²) in [6.07, 6.45) is -0.354. The molecule has 1 heterocycles. The summed E-state index contributed by atoms with van der Waals surface area (Å²) in [4.78, 5) is 15.5. The van der Waals surface area contributed by atoms with Crippen molar-refractivity contribution >= 4 is 11.5 Å². The summed E-state index contributed by atoms with van der Waals surface area (Å²) in [7, 11) is 0. The molecule has 0 unspecified atom stereocenters. The zero-order valence-electron chi connectivity index (χ0n) is 12.9. The summed E-state index contributed by atoms with van der Waals surface area (Å²) < 4.78 is 38.7. The molecule has 126 valence electrons. The molecule has 0 amide bonds. The predicted molar refractivity (Wildman–Crippen MR) is 84.7 cm³/mol. The number of halogens is 3. The van der Waals surface area contributed by atoms with Gasteiger partial charge in [0.25, 0.3) is 0 Å². The molecule has 0 atom stereocenters. The Morgan fingerprint density at radius 2 is 1.88 bits per heavy atom. The van der Waals surface area contributed by atoms with Crippen LogP contribution in [0.3, 0.4) is 0 Å². The molecular formula is C18H17F3N2O. The van der Waals surface area contributed by atoms with Crippen molar-refractivity contribution in [2.24, 2.45) is 5.92 Å². The van der Waals surface area contributed by atoms with Crippen LogP contribution < -0.4 is 5.32 Å². The number of pyridine rings is 1. The van der Waals surface area contributed by atoms with Crippen molar-refractivity contribution in [1.29, 1.82) is 0 Å². The maximum Gasteiger partial charge on any atom is 0.433 e. The Balaban J connectivity index is 1.66. The molecule has 2 aromatic rings. The standard InChI is InChI=1S/C18H17F3N2O/c19-18(20,21)17-14(5-2-10-22-17)11-23-15-8-6-13(7-9-15)16(24)12-3-1-4-12/h2,5-10,12,23H,1,3-4,11H2. The average molecular weight is 334 g/mol. The van der Waals surface area contributed by atoms with E-state index in [2.05, 4.69) is 10.3 Å². The largest absolute Gasteiger partial charge is 0.433 e. The first-order chi connectivity index (χ1) is 11.4. The monoisotopic (exact) mass is 334 g/mol. The SMILES string of the molecule is O=C(c1ccc(NCc2cccnc2C(F)(F)F)cc1)C1CCC1. The smallest absolute Gasteiger partial charge is 0.381 e. The van der Waals surface area contributed by atoms with Crippen molar-refractivity contribution in [1.82, 2.24) is 4.98 Å². The van der Waals surface area contributed by atoms with Crippen molar-refractivity contribution in [2.45, 2.75) is 32.0 Å². The van der Waals surface area contributed by atoms with Crippen molar-refractivity contribution in [3.8, 4) is 0 Å². The number of hydrogen-bond acceptors (Lipinski definition) is 3. The number of Topliss-reactive ketones (excluding diaryl/α,β-unsaturated/α-hetero) is 1. The van der Waals surface area contributed by atoms with Gasteiger partial charge in [0.15, 0.2) is 5.78 Å². The van der Waals surface area contributed by atoms with E-state index in [1.807, 2.05) is 0 Å². The molecule has 0 bridgehead atoms. The second-order valence-corrected chi connectivity index (χ2v) is 5.93. The Labute approximate surface area is 137 Å². The minimum atomic E-state index is -4.47. The van der Waals surface area contributed by atoms with E-state index in [0.717, 1.165) is 25.5 Å². The van der Waals surface area contributed by atoms with E-state index in [-0.39, 0.29) is 23.8 Å². The molecule has 24 heavy (non-hydrogen) atoms. The van der Waals surface area contributed by atoms with E-state index in [1.165, 1.54) is 12.1 Å². The minimum Gasteiger partial charge on any atom is -0.381 e. The second kappa shape index (κ2) is 6.63. The van der Waals surface area contributed by atoms with Gasteiger partial charge in [-0.15, -0.1) is 0 Å². The second-order valence-electron chi connectivity index (χ2n) is 5.93. The number of hydrogen-bond donors (Lipinski definition) is 1. The predicted octanol–water partition coefficient (Wildman–Crippen LogP) is 4.70. The lowest BCUT2D eigenvalue weighted by Crippen LogP contribution is -2.21. The lowest BCUT2D eigenvalue weighted by atomic mass is 9.80. The first kappa shape index (κ1) is 16.5. The van der Waals surface area contributed by atoms with E-state index >= 15 is 0 Å². The van der Waals surface area contributed by atoms with Crippen LogP contribution >= 0.6 is 0 Å². The van der Waals surface area contributed by atoms with E-state index in [9.17, 15) is 18.0 Å². The van der Waals surface area contributed by atoms with Crippen LogP contribution in [0.4, 0.5) is 18.9 Å².